The number of aliphatic hydroxyl groups is 1. The molecular formula is C15H23BrN2O2. The van der Waals surface area contributed by atoms with Crippen LogP contribution >= 0.6 is 15.9 Å². The van der Waals surface area contributed by atoms with Gasteiger partial charge in [0.25, 0.3) is 0 Å². The highest BCUT2D eigenvalue weighted by atomic mass is 79.9. The fourth-order valence-electron chi connectivity index (χ4n) is 1.77. The third kappa shape index (κ3) is 5.13. The van der Waals surface area contributed by atoms with E-state index in [0.717, 1.165) is 15.7 Å². The molecular weight excluding hydrogens is 320 g/mol. The number of aliphatic hydroxyl groups excluding tert-OH is 1. The summed E-state index contributed by atoms with van der Waals surface area (Å²) < 4.78 is 0.870. The zero-order chi connectivity index (χ0) is 15.3. The minimum absolute atomic E-state index is 0.00713. The Morgan fingerprint density at radius 1 is 1.40 bits per heavy atom. The second-order valence-electron chi connectivity index (χ2n) is 5.44. The number of carbonyl (C=O) groups excluding carboxylic acids is 1. The molecule has 1 amide bonds. The minimum Gasteiger partial charge on any atom is -0.389 e. The molecule has 0 aromatic heterocycles. The van der Waals surface area contributed by atoms with Gasteiger partial charge in [0, 0.05) is 18.1 Å². The van der Waals surface area contributed by atoms with Crippen LogP contribution in [-0.4, -0.2) is 31.2 Å². The van der Waals surface area contributed by atoms with Gasteiger partial charge in [-0.3, -0.25) is 4.79 Å². The first-order valence-electron chi connectivity index (χ1n) is 6.76. The number of anilines is 1. The number of likely N-dealkylation sites (N-methyl/N-ethyl adjacent to an activating group) is 1. The normalized spacial score (nSPS) is 12.3. The van der Waals surface area contributed by atoms with Crippen LogP contribution in [0.5, 0.6) is 0 Å². The van der Waals surface area contributed by atoms with Gasteiger partial charge in [-0.15, -0.1) is 0 Å². The number of halogens is 1. The number of amides is 1. The van der Waals surface area contributed by atoms with Crippen molar-refractivity contribution in [2.24, 2.45) is 5.92 Å². The molecule has 2 N–H and O–H groups in total. The van der Waals surface area contributed by atoms with Gasteiger partial charge in [-0.25, -0.2) is 0 Å². The first kappa shape index (κ1) is 17.0. The van der Waals surface area contributed by atoms with Gasteiger partial charge in [-0.05, 0) is 46.5 Å². The van der Waals surface area contributed by atoms with Crippen molar-refractivity contribution in [3.63, 3.8) is 0 Å². The molecule has 0 saturated heterocycles. The molecule has 0 bridgehead atoms. The average molecular weight is 343 g/mol. The Bertz CT molecular complexity index is 461. The zero-order valence-electron chi connectivity index (χ0n) is 12.5. The fourth-order valence-corrected chi connectivity index (χ4v) is 2.47. The number of hydrogen-bond donors (Lipinski definition) is 2. The topological polar surface area (TPSA) is 52.6 Å². The van der Waals surface area contributed by atoms with Crippen LogP contribution in [0.25, 0.3) is 0 Å². The standard InChI is InChI=1S/C15H23BrN2O2/c1-10(2)8-17-15(20)9-18(4)14-6-5-12(11(3)19)7-13(14)16/h5-7,10-11,19H,8-9H2,1-4H3,(H,17,20). The monoisotopic (exact) mass is 342 g/mol. The Morgan fingerprint density at radius 3 is 2.55 bits per heavy atom. The van der Waals surface area contributed by atoms with Gasteiger partial charge in [0.05, 0.1) is 18.3 Å². The van der Waals surface area contributed by atoms with Crippen LogP contribution in [0.2, 0.25) is 0 Å². The van der Waals surface area contributed by atoms with Crippen LogP contribution in [0.1, 0.15) is 32.4 Å². The third-order valence-electron chi connectivity index (χ3n) is 2.95. The van der Waals surface area contributed by atoms with E-state index < -0.39 is 6.10 Å². The molecule has 0 aliphatic carbocycles. The summed E-state index contributed by atoms with van der Waals surface area (Å²) in [4.78, 5) is 13.7. The predicted octanol–water partition coefficient (Wildman–Crippen LogP) is 2.71. The highest BCUT2D eigenvalue weighted by Crippen LogP contribution is 2.28. The number of nitrogens with zero attached hydrogens (tertiary/aromatic N) is 1. The van der Waals surface area contributed by atoms with E-state index in [1.165, 1.54) is 0 Å². The number of hydrogen-bond acceptors (Lipinski definition) is 3. The second-order valence-corrected chi connectivity index (χ2v) is 6.30. The van der Waals surface area contributed by atoms with E-state index in [0.29, 0.717) is 19.0 Å². The van der Waals surface area contributed by atoms with Crippen LogP contribution in [0, 0.1) is 5.92 Å². The SMILES string of the molecule is CC(C)CNC(=O)CN(C)c1ccc(C(C)O)cc1Br. The van der Waals surface area contributed by atoms with Gasteiger partial charge in [-0.2, -0.15) is 0 Å². The number of benzene rings is 1. The molecule has 4 nitrogen and oxygen atoms in total. The second kappa shape index (κ2) is 7.64. The molecule has 0 spiro atoms. The van der Waals surface area contributed by atoms with Gasteiger partial charge in [0.2, 0.25) is 5.91 Å². The van der Waals surface area contributed by atoms with Crippen molar-refractivity contribution in [3.8, 4) is 0 Å². The largest absolute Gasteiger partial charge is 0.389 e. The number of nitrogens with one attached hydrogen (secondary N) is 1. The first-order valence-corrected chi connectivity index (χ1v) is 7.56. The fraction of sp³-hybridized carbons (Fsp3) is 0.533. The summed E-state index contributed by atoms with van der Waals surface area (Å²) in [6.07, 6.45) is -0.500. The van der Waals surface area contributed by atoms with Crippen molar-refractivity contribution in [1.29, 1.82) is 0 Å². The van der Waals surface area contributed by atoms with Crippen molar-refractivity contribution < 1.29 is 9.90 Å². The van der Waals surface area contributed by atoms with E-state index in [1.807, 2.05) is 30.1 Å². The predicted molar refractivity (Wildman–Crippen MR) is 85.9 cm³/mol. The van der Waals surface area contributed by atoms with E-state index in [2.05, 4.69) is 35.1 Å². The minimum atomic E-state index is -0.500. The lowest BCUT2D eigenvalue weighted by atomic mass is 10.1. The van der Waals surface area contributed by atoms with Gasteiger partial charge < -0.3 is 15.3 Å². The first-order chi connectivity index (χ1) is 9.31. The molecule has 1 aromatic carbocycles. The molecule has 0 aliphatic heterocycles. The molecule has 112 valence electrons. The highest BCUT2D eigenvalue weighted by molar-refractivity contribution is 9.10. The Hall–Kier alpha value is -1.07. The van der Waals surface area contributed by atoms with Crippen molar-refractivity contribution >= 4 is 27.5 Å². The summed E-state index contributed by atoms with van der Waals surface area (Å²) in [5, 5.41) is 12.4. The molecule has 5 heteroatoms. The van der Waals surface area contributed by atoms with Crippen molar-refractivity contribution in [1.82, 2.24) is 5.32 Å². The molecule has 20 heavy (non-hydrogen) atoms. The molecule has 0 heterocycles. The van der Waals surface area contributed by atoms with Crippen LogP contribution in [0.4, 0.5) is 5.69 Å². The summed E-state index contributed by atoms with van der Waals surface area (Å²) in [7, 11) is 1.87. The van der Waals surface area contributed by atoms with E-state index >= 15 is 0 Å². The Kier molecular flexibility index (Phi) is 6.49. The molecule has 0 fully saturated rings. The lowest BCUT2D eigenvalue weighted by molar-refractivity contribution is -0.119. The summed E-state index contributed by atoms with van der Waals surface area (Å²) in [6, 6.07) is 5.65. The maximum Gasteiger partial charge on any atom is 0.239 e. The van der Waals surface area contributed by atoms with E-state index in [4.69, 9.17) is 0 Å². The third-order valence-corrected chi connectivity index (χ3v) is 3.59. The molecule has 0 saturated carbocycles. The van der Waals surface area contributed by atoms with Crippen LogP contribution in [-0.2, 0) is 4.79 Å². The Morgan fingerprint density at radius 2 is 2.05 bits per heavy atom. The molecule has 0 radical (unpaired) electrons. The molecule has 1 aromatic rings. The van der Waals surface area contributed by atoms with Crippen LogP contribution in [0.15, 0.2) is 22.7 Å². The van der Waals surface area contributed by atoms with Gasteiger partial charge in [0.1, 0.15) is 0 Å². The molecule has 1 atom stereocenters. The van der Waals surface area contributed by atoms with E-state index in [1.54, 1.807) is 6.92 Å². The molecule has 0 aliphatic rings. The van der Waals surface area contributed by atoms with Crippen molar-refractivity contribution in [2.45, 2.75) is 26.9 Å². The summed E-state index contributed by atoms with van der Waals surface area (Å²) >= 11 is 3.48. The summed E-state index contributed by atoms with van der Waals surface area (Å²) in [6.45, 7) is 6.85. The lowest BCUT2D eigenvalue weighted by Crippen LogP contribution is -2.37. The molecule has 1 rings (SSSR count). The summed E-state index contributed by atoms with van der Waals surface area (Å²) in [5.74, 6) is 0.453. The quantitative estimate of drug-likeness (QED) is 0.835. The average Bonchev–Trinajstić information content (AvgIpc) is 2.35. The maximum absolute atomic E-state index is 11.8. The Labute approximate surface area is 129 Å². The zero-order valence-corrected chi connectivity index (χ0v) is 14.1. The summed E-state index contributed by atoms with van der Waals surface area (Å²) in [5.41, 5.74) is 1.77. The van der Waals surface area contributed by atoms with Crippen molar-refractivity contribution in [3.05, 3.63) is 28.2 Å². The van der Waals surface area contributed by atoms with E-state index in [-0.39, 0.29) is 5.91 Å². The highest BCUT2D eigenvalue weighted by Gasteiger charge is 2.12. The smallest absolute Gasteiger partial charge is 0.239 e. The lowest BCUT2D eigenvalue weighted by Gasteiger charge is -2.21. The van der Waals surface area contributed by atoms with Crippen LogP contribution < -0.4 is 10.2 Å². The maximum atomic E-state index is 11.8. The number of rotatable bonds is 6. The van der Waals surface area contributed by atoms with Gasteiger partial charge >= 0.3 is 0 Å². The van der Waals surface area contributed by atoms with E-state index in [9.17, 15) is 9.90 Å². The van der Waals surface area contributed by atoms with Crippen molar-refractivity contribution in [2.75, 3.05) is 25.0 Å². The Balaban J connectivity index is 2.68. The van der Waals surface area contributed by atoms with Gasteiger partial charge in [0.15, 0.2) is 0 Å². The molecule has 1 unspecified atom stereocenters. The number of carbonyl (C=O) groups is 1. The van der Waals surface area contributed by atoms with Gasteiger partial charge in [-0.1, -0.05) is 19.9 Å². The van der Waals surface area contributed by atoms with Crippen LogP contribution in [0.3, 0.4) is 0 Å².